The highest BCUT2D eigenvalue weighted by Crippen LogP contribution is 2.35. The zero-order valence-corrected chi connectivity index (χ0v) is 22.7. The maximum atomic E-state index is 13.8. The van der Waals surface area contributed by atoms with Crippen LogP contribution in [-0.4, -0.2) is 60.7 Å². The number of para-hydroxylation sites is 1. The maximum absolute atomic E-state index is 13.8. The minimum absolute atomic E-state index is 0.00562. The second-order valence-corrected chi connectivity index (χ2v) is 11.8. The topological polar surface area (TPSA) is 62.6 Å². The van der Waals surface area contributed by atoms with Crippen molar-refractivity contribution in [1.82, 2.24) is 13.8 Å². The van der Waals surface area contributed by atoms with Gasteiger partial charge in [0.15, 0.2) is 5.78 Å². The van der Waals surface area contributed by atoms with Crippen molar-refractivity contribution in [3.05, 3.63) is 88.4 Å². The van der Waals surface area contributed by atoms with Gasteiger partial charge in [-0.25, -0.2) is 8.42 Å². The molecule has 0 bridgehead atoms. The number of aryl methyl sites for hydroxylation is 1. The van der Waals surface area contributed by atoms with Gasteiger partial charge in [0.2, 0.25) is 10.0 Å². The van der Waals surface area contributed by atoms with Crippen molar-refractivity contribution < 1.29 is 13.2 Å². The molecule has 1 saturated heterocycles. The summed E-state index contributed by atoms with van der Waals surface area (Å²) in [6.07, 6.45) is 0. The zero-order chi connectivity index (χ0) is 26.2. The SMILES string of the molecule is CCn1c(-c2ccccc2)c(C(=O)CN2CCN(S(=O)(=O)c3cc(Cl)ccc3Cl)CC2)c2ccccc21. The number of carbonyl (C=O) groups is 1. The number of ketones is 1. The summed E-state index contributed by atoms with van der Waals surface area (Å²) in [7, 11) is -3.79. The average molecular weight is 557 g/mol. The predicted molar refractivity (Wildman–Crippen MR) is 149 cm³/mol. The van der Waals surface area contributed by atoms with Gasteiger partial charge in [-0.1, -0.05) is 71.7 Å². The summed E-state index contributed by atoms with van der Waals surface area (Å²) in [6.45, 7) is 4.44. The lowest BCUT2D eigenvalue weighted by Crippen LogP contribution is -2.49. The number of carbonyl (C=O) groups excluding carboxylic acids is 1. The van der Waals surface area contributed by atoms with E-state index in [1.165, 1.54) is 16.4 Å². The lowest BCUT2D eigenvalue weighted by molar-refractivity contribution is 0.0904. The number of aromatic nitrogens is 1. The number of rotatable bonds is 7. The smallest absolute Gasteiger partial charge is 0.244 e. The van der Waals surface area contributed by atoms with E-state index in [-0.39, 0.29) is 35.3 Å². The fourth-order valence-electron chi connectivity index (χ4n) is 5.03. The third-order valence-corrected chi connectivity index (χ3v) is 9.44. The third kappa shape index (κ3) is 4.94. The third-order valence-electron chi connectivity index (χ3n) is 6.82. The Morgan fingerprint density at radius 3 is 2.27 bits per heavy atom. The Labute approximate surface area is 227 Å². The molecule has 6 nitrogen and oxygen atoms in total. The van der Waals surface area contributed by atoms with E-state index in [0.717, 1.165) is 28.7 Å². The number of benzene rings is 3. The van der Waals surface area contributed by atoms with Crippen molar-refractivity contribution in [1.29, 1.82) is 0 Å². The van der Waals surface area contributed by atoms with Crippen LogP contribution in [0.4, 0.5) is 0 Å². The van der Waals surface area contributed by atoms with Crippen LogP contribution in [0.25, 0.3) is 22.2 Å². The van der Waals surface area contributed by atoms with Gasteiger partial charge >= 0.3 is 0 Å². The van der Waals surface area contributed by atoms with Crippen molar-refractivity contribution in [2.75, 3.05) is 32.7 Å². The first-order chi connectivity index (χ1) is 17.8. The Balaban J connectivity index is 1.39. The second-order valence-electron chi connectivity index (χ2n) is 9.03. The molecule has 1 aliphatic heterocycles. The molecule has 0 aliphatic carbocycles. The van der Waals surface area contributed by atoms with Crippen molar-refractivity contribution >= 4 is 49.9 Å². The number of hydrogen-bond acceptors (Lipinski definition) is 4. The monoisotopic (exact) mass is 555 g/mol. The van der Waals surface area contributed by atoms with Gasteiger partial charge in [0, 0.05) is 48.6 Å². The molecular weight excluding hydrogens is 529 g/mol. The Kier molecular flexibility index (Phi) is 7.43. The molecule has 0 spiro atoms. The first kappa shape index (κ1) is 25.9. The first-order valence-corrected chi connectivity index (χ1v) is 14.4. The van der Waals surface area contributed by atoms with E-state index >= 15 is 0 Å². The highest BCUT2D eigenvalue weighted by molar-refractivity contribution is 7.89. The lowest BCUT2D eigenvalue weighted by Gasteiger charge is -2.33. The molecule has 2 heterocycles. The van der Waals surface area contributed by atoms with Gasteiger partial charge in [-0.15, -0.1) is 0 Å². The van der Waals surface area contributed by atoms with Crippen LogP contribution >= 0.6 is 23.2 Å². The summed E-state index contributed by atoms with van der Waals surface area (Å²) >= 11 is 12.2. The van der Waals surface area contributed by atoms with Crippen LogP contribution in [0, 0.1) is 0 Å². The first-order valence-electron chi connectivity index (χ1n) is 12.2. The maximum Gasteiger partial charge on any atom is 0.244 e. The minimum Gasteiger partial charge on any atom is -0.340 e. The highest BCUT2D eigenvalue weighted by Gasteiger charge is 2.32. The second kappa shape index (κ2) is 10.6. The number of fused-ring (bicyclic) bond motifs is 1. The Bertz CT molecular complexity index is 1560. The van der Waals surface area contributed by atoms with Crippen LogP contribution in [-0.2, 0) is 16.6 Å². The predicted octanol–water partition coefficient (Wildman–Crippen LogP) is 5.82. The van der Waals surface area contributed by atoms with Crippen LogP contribution < -0.4 is 0 Å². The molecule has 1 aliphatic rings. The molecule has 4 aromatic rings. The standard InChI is InChI=1S/C28H27Cl2N3O3S/c1-2-33-24-11-7-6-10-22(24)27(28(33)20-8-4-3-5-9-20)25(34)19-31-14-16-32(17-15-31)37(35,36)26-18-21(29)12-13-23(26)30/h3-13,18H,2,14-17,19H2,1H3. The van der Waals surface area contributed by atoms with Crippen LogP contribution in [0.2, 0.25) is 10.0 Å². The quantitative estimate of drug-likeness (QED) is 0.269. The molecule has 0 N–H and O–H groups in total. The summed E-state index contributed by atoms with van der Waals surface area (Å²) in [5.74, 6) is 0.0245. The van der Waals surface area contributed by atoms with E-state index < -0.39 is 10.0 Å². The van der Waals surface area contributed by atoms with Gasteiger partial charge in [-0.3, -0.25) is 9.69 Å². The molecule has 3 aromatic carbocycles. The van der Waals surface area contributed by atoms with E-state index in [1.54, 1.807) is 6.07 Å². The Morgan fingerprint density at radius 2 is 1.57 bits per heavy atom. The number of hydrogen-bond donors (Lipinski definition) is 0. The molecule has 0 radical (unpaired) electrons. The minimum atomic E-state index is -3.79. The van der Waals surface area contributed by atoms with Crippen molar-refractivity contribution in [3.8, 4) is 11.3 Å². The molecule has 0 unspecified atom stereocenters. The van der Waals surface area contributed by atoms with E-state index in [2.05, 4.69) is 11.5 Å². The van der Waals surface area contributed by atoms with Crippen LogP contribution in [0.15, 0.2) is 77.7 Å². The molecule has 0 saturated carbocycles. The highest BCUT2D eigenvalue weighted by atomic mass is 35.5. The fraction of sp³-hybridized carbons (Fsp3) is 0.250. The van der Waals surface area contributed by atoms with E-state index in [4.69, 9.17) is 23.2 Å². The molecule has 192 valence electrons. The van der Waals surface area contributed by atoms with E-state index in [1.807, 2.05) is 59.5 Å². The van der Waals surface area contributed by atoms with Gasteiger partial charge in [0.25, 0.3) is 0 Å². The molecule has 37 heavy (non-hydrogen) atoms. The number of nitrogens with zero attached hydrogens (tertiary/aromatic N) is 3. The normalized spacial score (nSPS) is 15.3. The summed E-state index contributed by atoms with van der Waals surface area (Å²) < 4.78 is 30.0. The Morgan fingerprint density at radius 1 is 0.892 bits per heavy atom. The summed E-state index contributed by atoms with van der Waals surface area (Å²) in [5.41, 5.74) is 3.66. The summed E-state index contributed by atoms with van der Waals surface area (Å²) in [4.78, 5) is 15.8. The number of piperazine rings is 1. The molecule has 1 fully saturated rings. The lowest BCUT2D eigenvalue weighted by atomic mass is 10.0. The van der Waals surface area contributed by atoms with E-state index in [9.17, 15) is 13.2 Å². The number of Topliss-reactive ketones (excluding diaryl/α,β-unsaturated/α-hetero) is 1. The zero-order valence-electron chi connectivity index (χ0n) is 20.4. The van der Waals surface area contributed by atoms with E-state index in [0.29, 0.717) is 23.7 Å². The van der Waals surface area contributed by atoms with Crippen molar-refractivity contribution in [2.24, 2.45) is 0 Å². The Hall–Kier alpha value is -2.68. The largest absolute Gasteiger partial charge is 0.340 e. The van der Waals surface area contributed by atoms with Gasteiger partial charge in [0.05, 0.1) is 22.8 Å². The molecule has 5 rings (SSSR count). The van der Waals surface area contributed by atoms with Gasteiger partial charge in [-0.2, -0.15) is 4.31 Å². The van der Waals surface area contributed by atoms with Crippen molar-refractivity contribution in [2.45, 2.75) is 18.4 Å². The van der Waals surface area contributed by atoms with Gasteiger partial charge in [0.1, 0.15) is 4.90 Å². The summed E-state index contributed by atoms with van der Waals surface area (Å²) in [5, 5.41) is 1.39. The molecular formula is C28H27Cl2N3O3S. The average Bonchev–Trinajstić information content (AvgIpc) is 3.25. The van der Waals surface area contributed by atoms with Crippen LogP contribution in [0.5, 0.6) is 0 Å². The van der Waals surface area contributed by atoms with Crippen LogP contribution in [0.1, 0.15) is 17.3 Å². The fourth-order valence-corrected chi connectivity index (χ4v) is 7.19. The number of sulfonamides is 1. The molecule has 0 atom stereocenters. The molecule has 1 aromatic heterocycles. The molecule has 0 amide bonds. The van der Waals surface area contributed by atoms with Crippen LogP contribution in [0.3, 0.4) is 0 Å². The summed E-state index contributed by atoms with van der Waals surface area (Å²) in [6, 6.07) is 22.4. The number of halogens is 2. The van der Waals surface area contributed by atoms with Gasteiger partial charge in [-0.05, 0) is 36.8 Å². The van der Waals surface area contributed by atoms with Gasteiger partial charge < -0.3 is 4.57 Å². The molecule has 9 heteroatoms. The van der Waals surface area contributed by atoms with Crippen molar-refractivity contribution in [3.63, 3.8) is 0 Å².